The van der Waals surface area contributed by atoms with E-state index in [1.54, 1.807) is 0 Å². The third kappa shape index (κ3) is 2.53. The summed E-state index contributed by atoms with van der Waals surface area (Å²) in [6, 6.07) is 0.652. The van der Waals surface area contributed by atoms with E-state index < -0.39 is 0 Å². The molecule has 1 spiro atoms. The molecule has 0 aromatic carbocycles. The van der Waals surface area contributed by atoms with Gasteiger partial charge in [-0.05, 0) is 25.2 Å². The van der Waals surface area contributed by atoms with E-state index in [0.717, 1.165) is 19.1 Å². The highest BCUT2D eigenvalue weighted by Gasteiger charge is 2.43. The SMILES string of the molecule is C1CCC2(CC1)OCCNC2CC1CCCC1. The van der Waals surface area contributed by atoms with Crippen LogP contribution in [0.3, 0.4) is 0 Å². The lowest BCUT2D eigenvalue weighted by Crippen LogP contribution is -2.59. The van der Waals surface area contributed by atoms with Gasteiger partial charge in [-0.1, -0.05) is 44.9 Å². The second kappa shape index (κ2) is 5.27. The Kier molecular flexibility index (Phi) is 3.72. The molecule has 0 radical (unpaired) electrons. The Balaban J connectivity index is 1.65. The molecule has 17 heavy (non-hydrogen) atoms. The molecule has 3 aliphatic rings. The van der Waals surface area contributed by atoms with Crippen LogP contribution in [-0.2, 0) is 4.74 Å². The molecule has 2 nitrogen and oxygen atoms in total. The summed E-state index contributed by atoms with van der Waals surface area (Å²) >= 11 is 0. The smallest absolute Gasteiger partial charge is 0.0835 e. The molecule has 2 aliphatic carbocycles. The van der Waals surface area contributed by atoms with Gasteiger partial charge in [0.2, 0.25) is 0 Å². The molecule has 1 unspecified atom stereocenters. The minimum atomic E-state index is 0.221. The van der Waals surface area contributed by atoms with E-state index in [1.165, 1.54) is 64.2 Å². The highest BCUT2D eigenvalue weighted by molar-refractivity contribution is 4.98. The van der Waals surface area contributed by atoms with Gasteiger partial charge in [0, 0.05) is 12.6 Å². The quantitative estimate of drug-likeness (QED) is 0.796. The number of hydrogen-bond donors (Lipinski definition) is 1. The zero-order valence-corrected chi connectivity index (χ0v) is 11.0. The fraction of sp³-hybridized carbons (Fsp3) is 1.00. The molecule has 98 valence electrons. The molecule has 2 saturated carbocycles. The summed E-state index contributed by atoms with van der Waals surface area (Å²) in [6.07, 6.45) is 14.0. The average molecular weight is 237 g/mol. The second-order valence-electron chi connectivity index (χ2n) is 6.37. The van der Waals surface area contributed by atoms with Crippen LogP contribution in [0.5, 0.6) is 0 Å². The van der Waals surface area contributed by atoms with Gasteiger partial charge in [0.25, 0.3) is 0 Å². The van der Waals surface area contributed by atoms with Gasteiger partial charge >= 0.3 is 0 Å². The summed E-state index contributed by atoms with van der Waals surface area (Å²) < 4.78 is 6.27. The van der Waals surface area contributed by atoms with E-state index in [1.807, 2.05) is 0 Å². The lowest BCUT2D eigenvalue weighted by Gasteiger charge is -2.47. The van der Waals surface area contributed by atoms with Crippen molar-refractivity contribution in [3.63, 3.8) is 0 Å². The Morgan fingerprint density at radius 2 is 1.76 bits per heavy atom. The molecule has 1 heterocycles. The maximum Gasteiger partial charge on any atom is 0.0835 e. The molecule has 0 amide bonds. The number of rotatable bonds is 2. The minimum Gasteiger partial charge on any atom is -0.372 e. The molecule has 1 saturated heterocycles. The van der Waals surface area contributed by atoms with Crippen LogP contribution in [0.1, 0.15) is 64.2 Å². The van der Waals surface area contributed by atoms with Crippen molar-refractivity contribution in [1.82, 2.24) is 5.32 Å². The first kappa shape index (κ1) is 12.0. The first-order chi connectivity index (χ1) is 8.39. The van der Waals surface area contributed by atoms with Gasteiger partial charge in [-0.15, -0.1) is 0 Å². The van der Waals surface area contributed by atoms with Gasteiger partial charge in [0.15, 0.2) is 0 Å². The molecule has 0 aromatic heterocycles. The fourth-order valence-electron chi connectivity index (χ4n) is 4.29. The van der Waals surface area contributed by atoms with Crippen molar-refractivity contribution in [2.45, 2.75) is 75.9 Å². The van der Waals surface area contributed by atoms with Gasteiger partial charge in [0.1, 0.15) is 0 Å². The van der Waals surface area contributed by atoms with Gasteiger partial charge in [-0.3, -0.25) is 0 Å². The standard InChI is InChI=1S/C15H27NO/c1-4-8-15(9-5-1)14(16-10-11-17-15)12-13-6-2-3-7-13/h13-14,16H,1-12H2. The van der Waals surface area contributed by atoms with E-state index in [-0.39, 0.29) is 5.60 Å². The van der Waals surface area contributed by atoms with E-state index in [0.29, 0.717) is 6.04 Å². The van der Waals surface area contributed by atoms with Crippen LogP contribution in [0.2, 0.25) is 0 Å². The summed E-state index contributed by atoms with van der Waals surface area (Å²) in [6.45, 7) is 2.00. The normalized spacial score (nSPS) is 34.2. The number of morpholine rings is 1. The first-order valence-electron chi connectivity index (χ1n) is 7.76. The predicted molar refractivity (Wildman–Crippen MR) is 70.1 cm³/mol. The fourth-order valence-corrected chi connectivity index (χ4v) is 4.29. The maximum absolute atomic E-state index is 6.27. The summed E-state index contributed by atoms with van der Waals surface area (Å²) in [7, 11) is 0. The molecular weight excluding hydrogens is 210 g/mol. The number of ether oxygens (including phenoxy) is 1. The second-order valence-corrected chi connectivity index (χ2v) is 6.37. The van der Waals surface area contributed by atoms with Crippen molar-refractivity contribution in [3.8, 4) is 0 Å². The van der Waals surface area contributed by atoms with Gasteiger partial charge in [0.05, 0.1) is 12.2 Å². The number of hydrogen-bond acceptors (Lipinski definition) is 2. The van der Waals surface area contributed by atoms with Crippen LogP contribution < -0.4 is 5.32 Å². The summed E-state index contributed by atoms with van der Waals surface area (Å²) in [4.78, 5) is 0. The predicted octanol–water partition coefficient (Wildman–Crippen LogP) is 3.26. The third-order valence-electron chi connectivity index (χ3n) is 5.26. The minimum absolute atomic E-state index is 0.221. The van der Waals surface area contributed by atoms with Crippen molar-refractivity contribution in [3.05, 3.63) is 0 Å². The summed E-state index contributed by atoms with van der Waals surface area (Å²) in [5.74, 6) is 0.980. The zero-order valence-electron chi connectivity index (χ0n) is 11.0. The lowest BCUT2D eigenvalue weighted by atomic mass is 9.75. The Labute approximate surface area is 105 Å². The van der Waals surface area contributed by atoms with Crippen LogP contribution in [0.25, 0.3) is 0 Å². The molecule has 1 atom stereocenters. The first-order valence-corrected chi connectivity index (χ1v) is 7.76. The molecule has 2 heteroatoms. The topological polar surface area (TPSA) is 21.3 Å². The maximum atomic E-state index is 6.27. The van der Waals surface area contributed by atoms with Crippen molar-refractivity contribution in [1.29, 1.82) is 0 Å². The monoisotopic (exact) mass is 237 g/mol. The molecule has 0 bridgehead atoms. The highest BCUT2D eigenvalue weighted by Crippen LogP contribution is 2.40. The average Bonchev–Trinajstić information content (AvgIpc) is 2.86. The largest absolute Gasteiger partial charge is 0.372 e. The van der Waals surface area contributed by atoms with E-state index in [2.05, 4.69) is 5.32 Å². The zero-order chi connectivity index (χ0) is 11.6. The molecule has 3 rings (SSSR count). The molecule has 3 fully saturated rings. The molecule has 0 aromatic rings. The van der Waals surface area contributed by atoms with Crippen molar-refractivity contribution < 1.29 is 4.74 Å². The van der Waals surface area contributed by atoms with Crippen molar-refractivity contribution in [2.24, 2.45) is 5.92 Å². The van der Waals surface area contributed by atoms with E-state index in [9.17, 15) is 0 Å². The van der Waals surface area contributed by atoms with Crippen molar-refractivity contribution in [2.75, 3.05) is 13.2 Å². The van der Waals surface area contributed by atoms with Crippen LogP contribution >= 0.6 is 0 Å². The summed E-state index contributed by atoms with van der Waals surface area (Å²) in [5, 5.41) is 3.78. The Bertz CT molecular complexity index is 233. The highest BCUT2D eigenvalue weighted by atomic mass is 16.5. The Morgan fingerprint density at radius 3 is 2.53 bits per heavy atom. The summed E-state index contributed by atoms with van der Waals surface area (Å²) in [5.41, 5.74) is 0.221. The van der Waals surface area contributed by atoms with Gasteiger partial charge in [-0.25, -0.2) is 0 Å². The van der Waals surface area contributed by atoms with E-state index in [4.69, 9.17) is 4.74 Å². The number of nitrogens with one attached hydrogen (secondary N) is 1. The van der Waals surface area contributed by atoms with Crippen LogP contribution in [0, 0.1) is 5.92 Å². The molecule has 1 N–H and O–H groups in total. The van der Waals surface area contributed by atoms with Crippen LogP contribution in [-0.4, -0.2) is 24.8 Å². The molecule has 1 aliphatic heterocycles. The van der Waals surface area contributed by atoms with Gasteiger partial charge in [-0.2, -0.15) is 0 Å². The van der Waals surface area contributed by atoms with Crippen LogP contribution in [0.4, 0.5) is 0 Å². The Morgan fingerprint density at radius 1 is 1.00 bits per heavy atom. The molecular formula is C15H27NO. The third-order valence-corrected chi connectivity index (χ3v) is 5.26. The van der Waals surface area contributed by atoms with Crippen LogP contribution in [0.15, 0.2) is 0 Å². The van der Waals surface area contributed by atoms with Gasteiger partial charge < -0.3 is 10.1 Å². The van der Waals surface area contributed by atoms with Crippen molar-refractivity contribution >= 4 is 0 Å². The van der Waals surface area contributed by atoms with E-state index >= 15 is 0 Å². The Hall–Kier alpha value is -0.0800. The lowest BCUT2D eigenvalue weighted by molar-refractivity contribution is -0.121.